The van der Waals surface area contributed by atoms with Gasteiger partial charge in [0.25, 0.3) is 0 Å². The van der Waals surface area contributed by atoms with Gasteiger partial charge in [-0.05, 0) is 50.9 Å². The molecule has 3 aromatic rings. The van der Waals surface area contributed by atoms with Gasteiger partial charge in [-0.3, -0.25) is 4.79 Å². The first kappa shape index (κ1) is 19.3. The first-order valence-electron chi connectivity index (χ1n) is 7.39. The summed E-state index contributed by atoms with van der Waals surface area (Å²) in [5, 5.41) is 59.1. The summed E-state index contributed by atoms with van der Waals surface area (Å²) in [4.78, 5) is 13.1. The molecule has 6 N–H and O–H groups in total. The molecule has 0 saturated carbocycles. The van der Waals surface area contributed by atoms with E-state index in [2.05, 4.69) is 31.9 Å². The lowest BCUT2D eigenvalue weighted by atomic mass is 9.97. The van der Waals surface area contributed by atoms with Crippen molar-refractivity contribution < 1.29 is 39.9 Å². The number of aliphatic hydroxyl groups is 1. The van der Waals surface area contributed by atoms with Crippen LogP contribution in [0.15, 0.2) is 25.5 Å². The van der Waals surface area contributed by atoms with Gasteiger partial charge in [-0.25, -0.2) is 0 Å². The van der Waals surface area contributed by atoms with Crippen molar-refractivity contribution in [3.05, 3.63) is 38.0 Å². The molecule has 0 aliphatic carbocycles. The van der Waals surface area contributed by atoms with E-state index in [0.29, 0.717) is 0 Å². The number of benzene rings is 2. The lowest BCUT2D eigenvalue weighted by Crippen LogP contribution is -2.06. The van der Waals surface area contributed by atoms with Crippen LogP contribution >= 0.6 is 31.9 Å². The quantitative estimate of drug-likeness (QED) is 0.179. The van der Waals surface area contributed by atoms with Gasteiger partial charge in [0.15, 0.2) is 17.1 Å². The Kier molecular flexibility index (Phi) is 4.74. The number of aromatic hydroxyl groups is 5. The minimum Gasteiger partial charge on any atom is -0.506 e. The van der Waals surface area contributed by atoms with Crippen molar-refractivity contribution in [1.29, 1.82) is 0 Å². The topological polar surface area (TPSA) is 152 Å². The monoisotopic (exact) mass is 502 g/mol. The Bertz CT molecular complexity index is 1080. The third-order valence-corrected chi connectivity index (χ3v) is 5.15. The molecule has 8 nitrogen and oxygen atoms in total. The Morgan fingerprint density at radius 1 is 0.926 bits per heavy atom. The number of hydrogen-bond acceptors (Lipinski definition) is 8. The molecule has 3 rings (SSSR count). The SMILES string of the molecule is CC(O)c1oc2c(O)c(O)c(O)c(O)c2c1C(=O)c1cc(Br)c(O)c(Br)c1. The summed E-state index contributed by atoms with van der Waals surface area (Å²) in [7, 11) is 0. The maximum atomic E-state index is 13.1. The number of carbonyl (C=O) groups is 1. The molecule has 1 unspecified atom stereocenters. The predicted octanol–water partition coefficient (Wildman–Crippen LogP) is 3.77. The zero-order valence-electron chi connectivity index (χ0n) is 13.5. The highest BCUT2D eigenvalue weighted by Gasteiger charge is 2.32. The number of fused-ring (bicyclic) bond motifs is 1. The number of hydrogen-bond donors (Lipinski definition) is 6. The second-order valence-electron chi connectivity index (χ2n) is 5.73. The maximum absolute atomic E-state index is 13.1. The van der Waals surface area contributed by atoms with E-state index in [0.717, 1.165) is 0 Å². The number of phenolic OH excluding ortho intramolecular Hbond substituents is 5. The standard InChI is InChI=1S/C17H12Br2O8/c1-4(20)16-8(10(21)5-2-6(18)11(22)7(19)3-5)9-12(23)13(24)14(25)15(26)17(9)27-16/h2-4,20,22-26H,1H3. The van der Waals surface area contributed by atoms with Gasteiger partial charge in [0.2, 0.25) is 17.2 Å². The summed E-state index contributed by atoms with van der Waals surface area (Å²) < 4.78 is 5.73. The van der Waals surface area contributed by atoms with Crippen molar-refractivity contribution >= 4 is 48.6 Å². The van der Waals surface area contributed by atoms with Crippen LogP contribution in [-0.2, 0) is 0 Å². The van der Waals surface area contributed by atoms with Crippen LogP contribution in [0.4, 0.5) is 0 Å². The molecule has 0 aliphatic heterocycles. The summed E-state index contributed by atoms with van der Waals surface area (Å²) >= 11 is 6.21. The van der Waals surface area contributed by atoms with E-state index in [9.17, 15) is 35.4 Å². The second-order valence-corrected chi connectivity index (χ2v) is 7.44. The Hall–Kier alpha value is -2.43. The van der Waals surface area contributed by atoms with Crippen LogP contribution in [0, 0.1) is 0 Å². The third kappa shape index (κ3) is 2.89. The van der Waals surface area contributed by atoms with Crippen LogP contribution in [0.3, 0.4) is 0 Å². The zero-order chi connectivity index (χ0) is 20.2. The third-order valence-electron chi connectivity index (χ3n) is 3.95. The molecule has 0 spiro atoms. The normalized spacial score (nSPS) is 12.4. The van der Waals surface area contributed by atoms with Crippen molar-refractivity contribution in [2.75, 3.05) is 0 Å². The molecule has 0 aliphatic rings. The summed E-state index contributed by atoms with van der Waals surface area (Å²) in [6.07, 6.45) is -1.32. The average Bonchev–Trinajstić information content (AvgIpc) is 3.02. The summed E-state index contributed by atoms with van der Waals surface area (Å²) in [5.74, 6) is -5.01. The largest absolute Gasteiger partial charge is 0.506 e. The molecular weight excluding hydrogens is 492 g/mol. The lowest BCUT2D eigenvalue weighted by molar-refractivity contribution is 0.102. The maximum Gasteiger partial charge on any atom is 0.208 e. The second kappa shape index (κ2) is 6.63. The molecule has 0 fully saturated rings. The van der Waals surface area contributed by atoms with E-state index in [1.54, 1.807) is 0 Å². The first-order valence-corrected chi connectivity index (χ1v) is 8.97. The molecule has 0 saturated heterocycles. The summed E-state index contributed by atoms with van der Waals surface area (Å²) in [5.41, 5.74) is -0.742. The minimum absolute atomic E-state index is 0.0441. The fourth-order valence-electron chi connectivity index (χ4n) is 2.65. The van der Waals surface area contributed by atoms with Crippen molar-refractivity contribution in [3.8, 4) is 28.7 Å². The molecule has 0 amide bonds. The number of phenols is 5. The predicted molar refractivity (Wildman–Crippen MR) is 100 cm³/mol. The van der Waals surface area contributed by atoms with Gasteiger partial charge in [-0.15, -0.1) is 0 Å². The van der Waals surface area contributed by atoms with Gasteiger partial charge < -0.3 is 35.1 Å². The fraction of sp³-hybridized carbons (Fsp3) is 0.118. The van der Waals surface area contributed by atoms with Crippen molar-refractivity contribution in [1.82, 2.24) is 0 Å². The molecular formula is C17H12Br2O8. The number of rotatable bonds is 3. The van der Waals surface area contributed by atoms with Crippen LogP contribution in [0.1, 0.15) is 34.7 Å². The average molecular weight is 504 g/mol. The van der Waals surface area contributed by atoms with Gasteiger partial charge in [-0.1, -0.05) is 0 Å². The van der Waals surface area contributed by atoms with E-state index >= 15 is 0 Å². The van der Waals surface area contributed by atoms with Gasteiger partial charge in [0.05, 0.1) is 19.9 Å². The Balaban J connectivity index is 2.40. The molecule has 1 atom stereocenters. The molecule has 0 radical (unpaired) electrons. The van der Waals surface area contributed by atoms with Crippen molar-refractivity contribution in [2.24, 2.45) is 0 Å². The Morgan fingerprint density at radius 3 is 1.96 bits per heavy atom. The smallest absolute Gasteiger partial charge is 0.208 e. The van der Waals surface area contributed by atoms with Gasteiger partial charge in [-0.2, -0.15) is 0 Å². The molecule has 2 aromatic carbocycles. The van der Waals surface area contributed by atoms with Crippen LogP contribution in [0.25, 0.3) is 11.0 Å². The number of furan rings is 1. The lowest BCUT2D eigenvalue weighted by Gasteiger charge is -2.09. The highest BCUT2D eigenvalue weighted by atomic mass is 79.9. The number of carbonyl (C=O) groups excluding carboxylic acids is 1. The van der Waals surface area contributed by atoms with E-state index in [-0.39, 0.29) is 37.0 Å². The first-order chi connectivity index (χ1) is 12.6. The van der Waals surface area contributed by atoms with Crippen molar-refractivity contribution in [2.45, 2.75) is 13.0 Å². The van der Waals surface area contributed by atoms with Crippen LogP contribution in [0.2, 0.25) is 0 Å². The van der Waals surface area contributed by atoms with Gasteiger partial charge >= 0.3 is 0 Å². The molecule has 0 bridgehead atoms. The molecule has 10 heteroatoms. The van der Waals surface area contributed by atoms with Crippen LogP contribution in [0.5, 0.6) is 28.7 Å². The number of aliphatic hydroxyl groups excluding tert-OH is 1. The van der Waals surface area contributed by atoms with Crippen molar-refractivity contribution in [3.63, 3.8) is 0 Å². The van der Waals surface area contributed by atoms with Crippen LogP contribution in [-0.4, -0.2) is 36.4 Å². The fourth-order valence-corrected chi connectivity index (χ4v) is 3.84. The van der Waals surface area contributed by atoms with Gasteiger partial charge in [0, 0.05) is 5.56 Å². The summed E-state index contributed by atoms with van der Waals surface area (Å²) in [6, 6.07) is 2.62. The van der Waals surface area contributed by atoms with Gasteiger partial charge in [0.1, 0.15) is 17.6 Å². The molecule has 1 heterocycles. The number of ketones is 1. The zero-order valence-corrected chi connectivity index (χ0v) is 16.7. The highest BCUT2D eigenvalue weighted by Crippen LogP contribution is 2.52. The van der Waals surface area contributed by atoms with Crippen LogP contribution < -0.4 is 0 Å². The molecule has 142 valence electrons. The van der Waals surface area contributed by atoms with E-state index in [1.165, 1.54) is 19.1 Å². The number of halogens is 2. The molecule has 27 heavy (non-hydrogen) atoms. The Labute approximate surface area is 168 Å². The minimum atomic E-state index is -1.32. The highest BCUT2D eigenvalue weighted by molar-refractivity contribution is 9.11. The molecule has 1 aromatic heterocycles. The van der Waals surface area contributed by atoms with E-state index in [1.807, 2.05) is 0 Å². The van der Waals surface area contributed by atoms with E-state index < -0.39 is 40.5 Å². The Morgan fingerprint density at radius 2 is 1.44 bits per heavy atom. The summed E-state index contributed by atoms with van der Waals surface area (Å²) in [6.45, 7) is 1.30. The van der Waals surface area contributed by atoms with E-state index in [4.69, 9.17) is 4.42 Å².